The number of halogens is 1. The maximum atomic E-state index is 12.1. The number of rotatable bonds is 4. The van der Waals surface area contributed by atoms with Crippen molar-refractivity contribution in [1.82, 2.24) is 15.3 Å². The molecule has 21 heavy (non-hydrogen) atoms. The minimum absolute atomic E-state index is 0.294. The summed E-state index contributed by atoms with van der Waals surface area (Å²) >= 11 is 3.46. The number of imidazole rings is 1. The zero-order valence-corrected chi connectivity index (χ0v) is 14.6. The highest BCUT2D eigenvalue weighted by molar-refractivity contribution is 9.10. The molecule has 1 unspecified atom stereocenters. The van der Waals surface area contributed by atoms with Crippen LogP contribution in [0.1, 0.15) is 25.5 Å². The molecule has 1 atom stereocenters. The summed E-state index contributed by atoms with van der Waals surface area (Å²) in [4.78, 5) is 16.7. The Bertz CT molecular complexity index is 836. The number of hydrogen-bond donors (Lipinski definition) is 3. The number of sulfone groups is 1. The van der Waals surface area contributed by atoms with E-state index in [0.717, 1.165) is 10.0 Å². The third-order valence-electron chi connectivity index (χ3n) is 3.88. The molecule has 6 nitrogen and oxygen atoms in total. The average molecular weight is 376 g/mol. The second-order valence-electron chi connectivity index (χ2n) is 5.60. The van der Waals surface area contributed by atoms with E-state index in [1.165, 1.54) is 6.26 Å². The van der Waals surface area contributed by atoms with Gasteiger partial charge in [-0.25, -0.2) is 13.2 Å². The second kappa shape index (κ2) is 5.26. The van der Waals surface area contributed by atoms with Crippen molar-refractivity contribution in [1.29, 1.82) is 0 Å². The van der Waals surface area contributed by atoms with E-state index in [4.69, 9.17) is 0 Å². The molecule has 2 aromatic rings. The molecule has 2 rings (SSSR count). The summed E-state index contributed by atoms with van der Waals surface area (Å²) < 4.78 is 23.9. The van der Waals surface area contributed by atoms with E-state index in [9.17, 15) is 13.2 Å². The average Bonchev–Trinajstić information content (AvgIpc) is 2.67. The Morgan fingerprint density at radius 1 is 1.24 bits per heavy atom. The number of aromatic nitrogens is 2. The summed E-state index contributed by atoms with van der Waals surface area (Å²) in [5.41, 5.74) is 1.79. The van der Waals surface area contributed by atoms with Gasteiger partial charge in [0, 0.05) is 10.7 Å². The number of aromatic amines is 2. The zero-order chi connectivity index (χ0) is 16.0. The van der Waals surface area contributed by atoms with Crippen LogP contribution in [0.5, 0.6) is 0 Å². The molecule has 0 aliphatic heterocycles. The van der Waals surface area contributed by atoms with Crippen molar-refractivity contribution < 1.29 is 8.42 Å². The van der Waals surface area contributed by atoms with E-state index in [-0.39, 0.29) is 5.69 Å². The van der Waals surface area contributed by atoms with Crippen LogP contribution in [0.25, 0.3) is 11.0 Å². The third kappa shape index (κ3) is 2.79. The minimum atomic E-state index is -3.29. The fourth-order valence-corrected chi connectivity index (χ4v) is 3.63. The van der Waals surface area contributed by atoms with Crippen LogP contribution in [0.2, 0.25) is 0 Å². The molecule has 0 saturated heterocycles. The lowest BCUT2D eigenvalue weighted by molar-refractivity contribution is 0.445. The lowest BCUT2D eigenvalue weighted by Gasteiger charge is -2.33. The van der Waals surface area contributed by atoms with Crippen molar-refractivity contribution in [3.8, 4) is 0 Å². The molecule has 8 heteroatoms. The summed E-state index contributed by atoms with van der Waals surface area (Å²) in [5.74, 6) is 0. The van der Waals surface area contributed by atoms with Crippen LogP contribution in [0.3, 0.4) is 0 Å². The maximum Gasteiger partial charge on any atom is 0.323 e. The highest BCUT2D eigenvalue weighted by Gasteiger charge is 2.40. The lowest BCUT2D eigenvalue weighted by Crippen LogP contribution is -2.44. The Morgan fingerprint density at radius 2 is 1.76 bits per heavy atom. The second-order valence-corrected chi connectivity index (χ2v) is 9.05. The Hall–Kier alpha value is -1.12. The van der Waals surface area contributed by atoms with E-state index in [1.807, 2.05) is 0 Å². The van der Waals surface area contributed by atoms with E-state index >= 15 is 0 Å². The predicted octanol–water partition coefficient (Wildman–Crippen LogP) is 1.70. The fourth-order valence-electron chi connectivity index (χ4n) is 2.39. The SMILES string of the molecule is CNC(c1cc2[nH]c(=O)[nH]c2cc1Br)C(C)(C)S(C)(=O)=O. The smallest absolute Gasteiger partial charge is 0.312 e. The van der Waals surface area contributed by atoms with Gasteiger partial charge in [-0.2, -0.15) is 0 Å². The first-order valence-electron chi connectivity index (χ1n) is 6.36. The quantitative estimate of drug-likeness (QED) is 0.757. The molecule has 0 radical (unpaired) electrons. The van der Waals surface area contributed by atoms with Gasteiger partial charge in [0.15, 0.2) is 9.84 Å². The molecule has 0 aliphatic carbocycles. The Kier molecular flexibility index (Phi) is 4.07. The normalized spacial score (nSPS) is 14.5. The van der Waals surface area contributed by atoms with Crippen molar-refractivity contribution in [2.24, 2.45) is 0 Å². The molecular formula is C13H18BrN3O3S. The number of H-pyrrole nitrogens is 2. The molecular weight excluding hydrogens is 358 g/mol. The largest absolute Gasteiger partial charge is 0.323 e. The molecule has 116 valence electrons. The molecule has 0 saturated carbocycles. The summed E-state index contributed by atoms with van der Waals surface area (Å²) in [6.45, 7) is 3.36. The van der Waals surface area contributed by atoms with Gasteiger partial charge >= 0.3 is 5.69 Å². The summed E-state index contributed by atoms with van der Waals surface area (Å²) in [7, 11) is -1.57. The third-order valence-corrected chi connectivity index (χ3v) is 6.72. The van der Waals surface area contributed by atoms with Gasteiger partial charge in [-0.3, -0.25) is 0 Å². The highest BCUT2D eigenvalue weighted by atomic mass is 79.9. The topological polar surface area (TPSA) is 94.8 Å². The van der Waals surface area contributed by atoms with Gasteiger partial charge in [0.2, 0.25) is 0 Å². The van der Waals surface area contributed by atoms with Crippen molar-refractivity contribution in [2.45, 2.75) is 24.6 Å². The number of fused-ring (bicyclic) bond motifs is 1. The lowest BCUT2D eigenvalue weighted by atomic mass is 9.95. The number of benzene rings is 1. The molecule has 1 aromatic heterocycles. The zero-order valence-electron chi connectivity index (χ0n) is 12.2. The van der Waals surface area contributed by atoms with E-state index < -0.39 is 20.6 Å². The molecule has 0 fully saturated rings. The van der Waals surface area contributed by atoms with Crippen molar-refractivity contribution in [2.75, 3.05) is 13.3 Å². The van der Waals surface area contributed by atoms with Crippen molar-refractivity contribution in [3.05, 3.63) is 32.7 Å². The standard InChI is InChI=1S/C13H18BrN3O3S/c1-13(2,21(4,19)20)11(15-3)7-5-9-10(6-8(7)14)17-12(18)16-9/h5-6,11,15H,1-4H3,(H2,16,17,18). The van der Waals surface area contributed by atoms with Gasteiger partial charge < -0.3 is 15.3 Å². The van der Waals surface area contributed by atoms with E-state index in [0.29, 0.717) is 11.0 Å². The number of nitrogens with one attached hydrogen (secondary N) is 3. The highest BCUT2D eigenvalue weighted by Crippen LogP contribution is 2.36. The molecule has 0 bridgehead atoms. The Morgan fingerprint density at radius 3 is 2.24 bits per heavy atom. The first-order valence-corrected chi connectivity index (χ1v) is 9.04. The molecule has 0 spiro atoms. The summed E-state index contributed by atoms with van der Waals surface area (Å²) in [6.07, 6.45) is 1.22. The molecule has 0 aliphatic rings. The van der Waals surface area contributed by atoms with Gasteiger partial charge in [-0.1, -0.05) is 15.9 Å². The van der Waals surface area contributed by atoms with Gasteiger partial charge in [0.25, 0.3) is 0 Å². The maximum absolute atomic E-state index is 12.1. The van der Waals surface area contributed by atoms with Crippen molar-refractivity contribution >= 4 is 36.8 Å². The van der Waals surface area contributed by atoms with Gasteiger partial charge in [-0.15, -0.1) is 0 Å². The first-order chi connectivity index (χ1) is 9.57. The first kappa shape index (κ1) is 16.3. The van der Waals surface area contributed by atoms with Gasteiger partial charge in [0.1, 0.15) is 0 Å². The summed E-state index contributed by atoms with van der Waals surface area (Å²) in [6, 6.07) is 3.13. The van der Waals surface area contributed by atoms with Crippen LogP contribution in [0, 0.1) is 0 Å². The van der Waals surface area contributed by atoms with Crippen molar-refractivity contribution in [3.63, 3.8) is 0 Å². The molecule has 1 heterocycles. The Labute approximate surface area is 131 Å². The Balaban J connectivity index is 2.67. The van der Waals surface area contributed by atoms with Crippen LogP contribution < -0.4 is 11.0 Å². The fraction of sp³-hybridized carbons (Fsp3) is 0.462. The monoisotopic (exact) mass is 375 g/mol. The van der Waals surface area contributed by atoms with E-state index in [1.54, 1.807) is 33.0 Å². The summed E-state index contributed by atoms with van der Waals surface area (Å²) in [5, 5.41) is 3.07. The van der Waals surface area contributed by atoms with Crippen LogP contribution >= 0.6 is 15.9 Å². The molecule has 1 aromatic carbocycles. The minimum Gasteiger partial charge on any atom is -0.312 e. The molecule has 0 amide bonds. The van der Waals surface area contributed by atoms with Crippen LogP contribution in [0.4, 0.5) is 0 Å². The van der Waals surface area contributed by atoms with Crippen LogP contribution in [-0.4, -0.2) is 36.4 Å². The molecule has 3 N–H and O–H groups in total. The van der Waals surface area contributed by atoms with Gasteiger partial charge in [0.05, 0.1) is 21.8 Å². The van der Waals surface area contributed by atoms with Crippen LogP contribution in [0.15, 0.2) is 21.4 Å². The van der Waals surface area contributed by atoms with Gasteiger partial charge in [-0.05, 0) is 38.6 Å². The predicted molar refractivity (Wildman–Crippen MR) is 87.3 cm³/mol. The van der Waals surface area contributed by atoms with E-state index in [2.05, 4.69) is 31.2 Å². The van der Waals surface area contributed by atoms with Crippen LogP contribution in [-0.2, 0) is 9.84 Å². The number of hydrogen-bond acceptors (Lipinski definition) is 4.